The fourth-order valence-electron chi connectivity index (χ4n) is 0.966. The van der Waals surface area contributed by atoms with E-state index in [0.29, 0.717) is 0 Å². The normalized spacial score (nSPS) is 13.9. The van der Waals surface area contributed by atoms with Crippen molar-refractivity contribution in [3.8, 4) is 0 Å². The van der Waals surface area contributed by atoms with Gasteiger partial charge in [0.25, 0.3) is 0 Å². The molecule has 0 aromatic heterocycles. The molecular weight excluding hydrogens is 172 g/mol. The van der Waals surface area contributed by atoms with Gasteiger partial charge in [0, 0.05) is 0 Å². The molecule has 0 radical (unpaired) electrons. The van der Waals surface area contributed by atoms with Crippen LogP contribution in [0.15, 0.2) is 0 Å². The van der Waals surface area contributed by atoms with Crippen LogP contribution in [-0.4, -0.2) is 13.1 Å². The van der Waals surface area contributed by atoms with E-state index in [1.165, 1.54) is 25.9 Å². The predicted octanol–water partition coefficient (Wildman–Crippen LogP) is 4.25. The summed E-state index contributed by atoms with van der Waals surface area (Å²) in [6.45, 7) is 16.8. The van der Waals surface area contributed by atoms with Crippen molar-refractivity contribution in [2.24, 2.45) is 5.92 Å². The first kappa shape index (κ1) is 23.6. The van der Waals surface area contributed by atoms with Gasteiger partial charge in [-0.05, 0) is 31.8 Å². The van der Waals surface area contributed by atoms with Crippen LogP contribution >= 0.6 is 0 Å². The van der Waals surface area contributed by atoms with Gasteiger partial charge in [0.15, 0.2) is 0 Å². The minimum absolute atomic E-state index is 0. The molecule has 1 rings (SSSR count). The minimum atomic E-state index is 0. The number of nitrogens with one attached hydrogen (secondary N) is 1. The molecule has 0 unspecified atom stereocenters. The molecule has 0 bridgehead atoms. The predicted molar refractivity (Wildman–Crippen MR) is 70.3 cm³/mol. The van der Waals surface area contributed by atoms with Crippen LogP contribution in [0.5, 0.6) is 0 Å². The lowest BCUT2D eigenvalue weighted by Gasteiger charge is -2.17. The van der Waals surface area contributed by atoms with Crippen LogP contribution in [0.3, 0.4) is 0 Å². The van der Waals surface area contributed by atoms with Gasteiger partial charge < -0.3 is 11.5 Å². The summed E-state index contributed by atoms with van der Waals surface area (Å²) in [6.07, 6.45) is 2.75. The molecule has 14 heavy (non-hydrogen) atoms. The summed E-state index contributed by atoms with van der Waals surface area (Å²) in [6, 6.07) is 0. The third-order valence-corrected chi connectivity index (χ3v) is 1.63. The second-order valence-electron chi connectivity index (χ2n) is 2.43. The van der Waals surface area contributed by atoms with E-state index < -0.39 is 0 Å². The van der Waals surface area contributed by atoms with Crippen molar-refractivity contribution in [2.45, 2.75) is 61.3 Å². The highest BCUT2D eigenvalue weighted by atomic mass is 14.9. The molecule has 92 valence electrons. The second-order valence-corrected chi connectivity index (χ2v) is 2.43. The maximum absolute atomic E-state index is 3.32. The highest BCUT2D eigenvalue weighted by molar-refractivity contribution is 4.62. The third kappa shape index (κ3) is 22.7. The molecule has 2 heteroatoms. The molecule has 0 saturated carbocycles. The third-order valence-electron chi connectivity index (χ3n) is 1.63. The Hall–Kier alpha value is -0.0800. The van der Waals surface area contributed by atoms with Crippen molar-refractivity contribution in [1.29, 1.82) is 0 Å². The van der Waals surface area contributed by atoms with Crippen molar-refractivity contribution in [3.63, 3.8) is 0 Å². The van der Waals surface area contributed by atoms with Crippen molar-refractivity contribution >= 4 is 0 Å². The summed E-state index contributed by atoms with van der Waals surface area (Å²) in [7, 11) is 0. The zero-order valence-electron chi connectivity index (χ0n) is 11.6. The molecule has 0 aromatic carbocycles. The lowest BCUT2D eigenvalue weighted by Crippen LogP contribution is -2.26. The van der Waals surface area contributed by atoms with E-state index in [1.54, 1.807) is 0 Å². The number of piperidine rings is 1. The van der Waals surface area contributed by atoms with Crippen LogP contribution in [0.1, 0.15) is 61.3 Å². The Kier molecular flexibility index (Phi) is 49.4. The average molecular weight is 206 g/mol. The molecule has 0 amide bonds. The van der Waals surface area contributed by atoms with Gasteiger partial charge >= 0.3 is 0 Å². The van der Waals surface area contributed by atoms with Crippen LogP contribution in [-0.2, 0) is 0 Å². The van der Waals surface area contributed by atoms with Crippen molar-refractivity contribution in [1.82, 2.24) is 11.5 Å². The summed E-state index contributed by atoms with van der Waals surface area (Å²) < 4.78 is 0. The van der Waals surface area contributed by atoms with Crippen molar-refractivity contribution < 1.29 is 0 Å². The molecule has 1 saturated heterocycles. The van der Waals surface area contributed by atoms with E-state index in [2.05, 4.69) is 12.2 Å². The molecule has 1 heterocycles. The summed E-state index contributed by atoms with van der Waals surface area (Å²) in [4.78, 5) is 0. The number of hydrogen-bond acceptors (Lipinski definition) is 2. The summed E-state index contributed by atoms with van der Waals surface area (Å²) in [5.41, 5.74) is 0. The van der Waals surface area contributed by atoms with Gasteiger partial charge in [-0.2, -0.15) is 0 Å². The van der Waals surface area contributed by atoms with Gasteiger partial charge in [-0.25, -0.2) is 0 Å². The van der Waals surface area contributed by atoms with Gasteiger partial charge in [-0.3, -0.25) is 0 Å². The van der Waals surface area contributed by atoms with Gasteiger partial charge in [0.05, 0.1) is 0 Å². The Bertz CT molecular complexity index is 50.3. The van der Waals surface area contributed by atoms with Gasteiger partial charge in [0.1, 0.15) is 0 Å². The molecule has 0 spiro atoms. The van der Waals surface area contributed by atoms with E-state index in [1.807, 2.05) is 41.5 Å². The SMILES string of the molecule is CC.CC.CC.CC1CCNCC1.N. The van der Waals surface area contributed by atoms with E-state index in [4.69, 9.17) is 0 Å². The molecule has 1 fully saturated rings. The van der Waals surface area contributed by atoms with E-state index in [0.717, 1.165) is 5.92 Å². The summed E-state index contributed by atoms with van der Waals surface area (Å²) in [5, 5.41) is 3.32. The van der Waals surface area contributed by atoms with Crippen molar-refractivity contribution in [2.75, 3.05) is 13.1 Å². The van der Waals surface area contributed by atoms with Crippen LogP contribution in [0.2, 0.25) is 0 Å². The van der Waals surface area contributed by atoms with E-state index >= 15 is 0 Å². The quantitative estimate of drug-likeness (QED) is 0.622. The van der Waals surface area contributed by atoms with Crippen LogP contribution in [0.25, 0.3) is 0 Å². The highest BCUT2D eigenvalue weighted by Gasteiger charge is 2.04. The fourth-order valence-corrected chi connectivity index (χ4v) is 0.966. The Morgan fingerprint density at radius 2 is 1.07 bits per heavy atom. The lowest BCUT2D eigenvalue weighted by molar-refractivity contribution is 0.402. The number of rotatable bonds is 0. The van der Waals surface area contributed by atoms with Gasteiger partial charge in [0.2, 0.25) is 0 Å². The first-order valence-electron chi connectivity index (χ1n) is 6.10. The summed E-state index contributed by atoms with van der Waals surface area (Å²) in [5.74, 6) is 0.973. The van der Waals surface area contributed by atoms with E-state index in [9.17, 15) is 0 Å². The van der Waals surface area contributed by atoms with Crippen LogP contribution in [0, 0.1) is 5.92 Å². The summed E-state index contributed by atoms with van der Waals surface area (Å²) >= 11 is 0. The van der Waals surface area contributed by atoms with Crippen molar-refractivity contribution in [3.05, 3.63) is 0 Å². The molecule has 1 aliphatic heterocycles. The molecular formula is C12H34N2. The molecule has 0 aromatic rings. The standard InChI is InChI=1S/C6H13N.3C2H6.H3N/c1-6-2-4-7-5-3-6;3*1-2;/h6-7H,2-5H2,1H3;3*1-2H3;1H3. The lowest BCUT2D eigenvalue weighted by atomic mass is 10.0. The molecule has 4 N–H and O–H groups in total. The van der Waals surface area contributed by atoms with Crippen LogP contribution < -0.4 is 11.5 Å². The Balaban J connectivity index is -0.0000000625. The van der Waals surface area contributed by atoms with Gasteiger partial charge in [-0.15, -0.1) is 0 Å². The van der Waals surface area contributed by atoms with E-state index in [-0.39, 0.29) is 6.15 Å². The molecule has 0 aliphatic carbocycles. The maximum atomic E-state index is 3.32. The maximum Gasteiger partial charge on any atom is -0.00464 e. The Morgan fingerprint density at radius 1 is 0.786 bits per heavy atom. The largest absolute Gasteiger partial charge is 0.344 e. The Morgan fingerprint density at radius 3 is 1.21 bits per heavy atom. The Labute approximate surface area is 92.5 Å². The topological polar surface area (TPSA) is 47.0 Å². The smallest absolute Gasteiger partial charge is 0.00464 e. The zero-order valence-corrected chi connectivity index (χ0v) is 11.6. The van der Waals surface area contributed by atoms with Gasteiger partial charge in [-0.1, -0.05) is 48.5 Å². The zero-order chi connectivity index (χ0) is 11.1. The fraction of sp³-hybridized carbons (Fsp3) is 1.00. The molecule has 2 nitrogen and oxygen atoms in total. The molecule has 1 aliphatic rings. The second kappa shape index (κ2) is 29.3. The minimum Gasteiger partial charge on any atom is -0.344 e. The highest BCUT2D eigenvalue weighted by Crippen LogP contribution is 2.08. The molecule has 0 atom stereocenters. The number of hydrogen-bond donors (Lipinski definition) is 2. The first-order valence-corrected chi connectivity index (χ1v) is 6.10. The monoisotopic (exact) mass is 206 g/mol. The average Bonchev–Trinajstić information content (AvgIpc) is 2.28. The first-order chi connectivity index (χ1) is 6.39. The van der Waals surface area contributed by atoms with Crippen LogP contribution in [0.4, 0.5) is 0 Å².